The molecule has 0 aliphatic carbocycles. The fourth-order valence-electron chi connectivity index (χ4n) is 1.30. The van der Waals surface area contributed by atoms with E-state index < -0.39 is 0 Å². The van der Waals surface area contributed by atoms with Crippen LogP contribution in [0.25, 0.3) is 0 Å². The maximum atomic E-state index is 5.66. The second-order valence-electron chi connectivity index (χ2n) is 2.98. The van der Waals surface area contributed by atoms with Crippen LogP contribution >= 0.6 is 11.6 Å². The molecular formula is C7H11ClN4O2. The number of halogens is 1. The van der Waals surface area contributed by atoms with E-state index in [2.05, 4.69) is 15.5 Å². The topological polar surface area (TPSA) is 62.1 Å². The molecule has 6 nitrogen and oxygen atoms in total. The number of aromatic nitrogens is 4. The quantitative estimate of drug-likeness (QED) is 0.659. The second-order valence-corrected chi connectivity index (χ2v) is 3.25. The Morgan fingerprint density at radius 3 is 3.14 bits per heavy atom. The largest absolute Gasteiger partial charge is 0.376 e. The summed E-state index contributed by atoms with van der Waals surface area (Å²) in [6.07, 6.45) is 0.0224. The van der Waals surface area contributed by atoms with Crippen LogP contribution in [0.3, 0.4) is 0 Å². The molecule has 1 saturated heterocycles. The molecule has 0 N–H and O–H groups in total. The van der Waals surface area contributed by atoms with Gasteiger partial charge < -0.3 is 9.47 Å². The van der Waals surface area contributed by atoms with Gasteiger partial charge in [0.1, 0.15) is 6.10 Å². The molecule has 0 amide bonds. The third-order valence-corrected chi connectivity index (χ3v) is 2.23. The molecular weight excluding hydrogens is 208 g/mol. The van der Waals surface area contributed by atoms with Crippen LogP contribution < -0.4 is 0 Å². The van der Waals surface area contributed by atoms with Crippen LogP contribution in [0.4, 0.5) is 0 Å². The first-order valence-corrected chi connectivity index (χ1v) is 4.94. The third kappa shape index (κ3) is 2.20. The number of tetrazole rings is 1. The Balaban J connectivity index is 1.95. The Kier molecular flexibility index (Phi) is 3.28. The van der Waals surface area contributed by atoms with E-state index in [0.29, 0.717) is 38.1 Å². The lowest BCUT2D eigenvalue weighted by molar-refractivity contribution is -0.0949. The molecule has 0 aromatic carbocycles. The summed E-state index contributed by atoms with van der Waals surface area (Å²) in [5.74, 6) is 0.960. The van der Waals surface area contributed by atoms with Gasteiger partial charge in [-0.3, -0.25) is 0 Å². The first kappa shape index (κ1) is 9.82. The lowest BCUT2D eigenvalue weighted by Crippen LogP contribution is -2.33. The van der Waals surface area contributed by atoms with E-state index in [0.717, 1.165) is 0 Å². The summed E-state index contributed by atoms with van der Waals surface area (Å²) in [4.78, 5) is 0. The number of ether oxygens (including phenoxy) is 2. The molecule has 0 bridgehead atoms. The highest BCUT2D eigenvalue weighted by Gasteiger charge is 2.17. The molecule has 1 fully saturated rings. The summed E-state index contributed by atoms with van der Waals surface area (Å²) in [5, 5.41) is 11.1. The summed E-state index contributed by atoms with van der Waals surface area (Å²) in [5.41, 5.74) is 0. The Morgan fingerprint density at radius 2 is 2.43 bits per heavy atom. The maximum absolute atomic E-state index is 5.66. The second kappa shape index (κ2) is 4.68. The van der Waals surface area contributed by atoms with Crippen LogP contribution in [0.5, 0.6) is 0 Å². The molecule has 1 aromatic rings. The summed E-state index contributed by atoms with van der Waals surface area (Å²) in [6.45, 7) is 2.47. The molecule has 1 atom stereocenters. The first-order chi connectivity index (χ1) is 6.90. The van der Waals surface area contributed by atoms with Crippen LogP contribution in [0.1, 0.15) is 5.82 Å². The predicted octanol–water partition coefficient (Wildman–Crippen LogP) is -0.173. The zero-order valence-corrected chi connectivity index (χ0v) is 8.35. The van der Waals surface area contributed by atoms with Gasteiger partial charge in [0.25, 0.3) is 0 Å². The predicted molar refractivity (Wildman–Crippen MR) is 47.9 cm³/mol. The minimum Gasteiger partial charge on any atom is -0.376 e. The summed E-state index contributed by atoms with van der Waals surface area (Å²) in [6, 6.07) is 0. The highest BCUT2D eigenvalue weighted by atomic mass is 35.5. The standard InChI is InChI=1S/C7H11ClN4O2/c8-3-7-9-10-11-12(7)4-6-5-13-1-2-14-6/h6H,1-5H2. The molecule has 0 radical (unpaired) electrons. The zero-order valence-electron chi connectivity index (χ0n) is 7.60. The highest BCUT2D eigenvalue weighted by molar-refractivity contribution is 6.16. The van der Waals surface area contributed by atoms with Crippen molar-refractivity contribution >= 4 is 11.6 Å². The van der Waals surface area contributed by atoms with Crippen molar-refractivity contribution in [2.75, 3.05) is 19.8 Å². The SMILES string of the molecule is ClCc1nnnn1CC1COCCO1. The van der Waals surface area contributed by atoms with Crippen molar-refractivity contribution in [1.29, 1.82) is 0 Å². The Labute approximate surface area is 86.1 Å². The average molecular weight is 219 g/mol. The molecule has 1 unspecified atom stereocenters. The van der Waals surface area contributed by atoms with E-state index in [1.54, 1.807) is 4.68 Å². The number of hydrogen-bond acceptors (Lipinski definition) is 5. The van der Waals surface area contributed by atoms with Crippen LogP contribution in [0, 0.1) is 0 Å². The van der Waals surface area contributed by atoms with Crippen molar-refractivity contribution in [3.8, 4) is 0 Å². The van der Waals surface area contributed by atoms with Gasteiger partial charge in [-0.25, -0.2) is 4.68 Å². The fourth-order valence-corrected chi connectivity index (χ4v) is 1.49. The van der Waals surface area contributed by atoms with Crippen LogP contribution in [-0.4, -0.2) is 46.1 Å². The van der Waals surface area contributed by atoms with Crippen molar-refractivity contribution in [3.63, 3.8) is 0 Å². The lowest BCUT2D eigenvalue weighted by atomic mass is 10.3. The number of hydrogen-bond donors (Lipinski definition) is 0. The smallest absolute Gasteiger partial charge is 0.166 e. The molecule has 0 spiro atoms. The van der Waals surface area contributed by atoms with Crippen LogP contribution in [0.2, 0.25) is 0 Å². The van der Waals surface area contributed by atoms with Gasteiger partial charge >= 0.3 is 0 Å². The van der Waals surface area contributed by atoms with Crippen LogP contribution in [0.15, 0.2) is 0 Å². The van der Waals surface area contributed by atoms with Crippen molar-refractivity contribution in [3.05, 3.63) is 5.82 Å². The Hall–Kier alpha value is -0.720. The van der Waals surface area contributed by atoms with E-state index >= 15 is 0 Å². The van der Waals surface area contributed by atoms with E-state index in [1.165, 1.54) is 0 Å². The molecule has 1 aliphatic heterocycles. The summed E-state index contributed by atoms with van der Waals surface area (Å²) in [7, 11) is 0. The van der Waals surface area contributed by atoms with Crippen LogP contribution in [-0.2, 0) is 21.9 Å². The van der Waals surface area contributed by atoms with Crippen molar-refractivity contribution in [1.82, 2.24) is 20.2 Å². The Bertz CT molecular complexity index is 287. The first-order valence-electron chi connectivity index (χ1n) is 4.40. The molecule has 1 aliphatic rings. The molecule has 2 rings (SSSR count). The molecule has 14 heavy (non-hydrogen) atoms. The number of alkyl halides is 1. The van der Waals surface area contributed by atoms with Gasteiger partial charge in [0, 0.05) is 0 Å². The summed E-state index contributed by atoms with van der Waals surface area (Å²) >= 11 is 5.66. The van der Waals surface area contributed by atoms with Gasteiger partial charge in [-0.2, -0.15) is 0 Å². The fraction of sp³-hybridized carbons (Fsp3) is 0.857. The third-order valence-electron chi connectivity index (χ3n) is 1.99. The number of rotatable bonds is 3. The van der Waals surface area contributed by atoms with Gasteiger partial charge in [0.05, 0.1) is 32.2 Å². The van der Waals surface area contributed by atoms with Gasteiger partial charge in [0.15, 0.2) is 5.82 Å². The highest BCUT2D eigenvalue weighted by Crippen LogP contribution is 2.05. The van der Waals surface area contributed by atoms with Gasteiger partial charge in [0.2, 0.25) is 0 Å². The minimum atomic E-state index is 0.0224. The molecule has 78 valence electrons. The molecule has 0 saturated carbocycles. The Morgan fingerprint density at radius 1 is 1.50 bits per heavy atom. The normalized spacial score (nSPS) is 22.5. The molecule has 2 heterocycles. The van der Waals surface area contributed by atoms with E-state index in [-0.39, 0.29) is 6.10 Å². The van der Waals surface area contributed by atoms with Crippen molar-refractivity contribution < 1.29 is 9.47 Å². The monoisotopic (exact) mass is 218 g/mol. The maximum Gasteiger partial charge on any atom is 0.166 e. The van der Waals surface area contributed by atoms with Crippen molar-refractivity contribution in [2.24, 2.45) is 0 Å². The molecule has 1 aromatic heterocycles. The van der Waals surface area contributed by atoms with E-state index in [9.17, 15) is 0 Å². The van der Waals surface area contributed by atoms with E-state index in [4.69, 9.17) is 21.1 Å². The lowest BCUT2D eigenvalue weighted by Gasteiger charge is -2.22. The average Bonchev–Trinajstić information content (AvgIpc) is 2.67. The van der Waals surface area contributed by atoms with Gasteiger partial charge in [-0.05, 0) is 10.4 Å². The van der Waals surface area contributed by atoms with Crippen molar-refractivity contribution in [2.45, 2.75) is 18.5 Å². The zero-order chi connectivity index (χ0) is 9.80. The summed E-state index contributed by atoms with van der Waals surface area (Å²) < 4.78 is 12.4. The minimum absolute atomic E-state index is 0.0224. The van der Waals surface area contributed by atoms with E-state index in [1.807, 2.05) is 0 Å². The van der Waals surface area contributed by atoms with Gasteiger partial charge in [-0.15, -0.1) is 16.7 Å². The van der Waals surface area contributed by atoms with Gasteiger partial charge in [-0.1, -0.05) is 0 Å². The number of nitrogens with zero attached hydrogens (tertiary/aromatic N) is 4. The molecule has 7 heteroatoms.